The SMILES string of the molecule is CCCCCCCCNC(C)C.[HH]. The topological polar surface area (TPSA) is 12.0 Å². The summed E-state index contributed by atoms with van der Waals surface area (Å²) in [7, 11) is 0. The average Bonchev–Trinajstić information content (AvgIpc) is 2.02. The summed E-state index contributed by atoms with van der Waals surface area (Å²) in [6.45, 7) is 7.87. The van der Waals surface area contributed by atoms with Crippen molar-refractivity contribution in [2.75, 3.05) is 6.54 Å². The Labute approximate surface area is 79.4 Å². The first-order chi connectivity index (χ1) is 5.77. The highest BCUT2D eigenvalue weighted by Crippen LogP contribution is 2.03. The van der Waals surface area contributed by atoms with Crippen LogP contribution < -0.4 is 5.32 Å². The van der Waals surface area contributed by atoms with Crippen molar-refractivity contribution in [2.45, 2.75) is 65.3 Å². The molecule has 12 heavy (non-hydrogen) atoms. The first kappa shape index (κ1) is 12.0. The molecule has 0 amide bonds. The van der Waals surface area contributed by atoms with E-state index >= 15 is 0 Å². The molecule has 1 heteroatoms. The Hall–Kier alpha value is -0.0400. The van der Waals surface area contributed by atoms with Crippen LogP contribution in [0.4, 0.5) is 0 Å². The molecule has 0 unspecified atom stereocenters. The van der Waals surface area contributed by atoms with Gasteiger partial charge in [-0.05, 0) is 13.0 Å². The molecule has 1 N–H and O–H groups in total. The van der Waals surface area contributed by atoms with E-state index in [1.54, 1.807) is 0 Å². The van der Waals surface area contributed by atoms with Gasteiger partial charge in [0.05, 0.1) is 0 Å². The predicted molar refractivity (Wildman–Crippen MR) is 58.6 cm³/mol. The van der Waals surface area contributed by atoms with Gasteiger partial charge >= 0.3 is 0 Å². The van der Waals surface area contributed by atoms with E-state index in [0.29, 0.717) is 6.04 Å². The fourth-order valence-electron chi connectivity index (χ4n) is 1.30. The van der Waals surface area contributed by atoms with Gasteiger partial charge in [-0.2, -0.15) is 0 Å². The lowest BCUT2D eigenvalue weighted by Gasteiger charge is -2.06. The number of rotatable bonds is 8. The van der Waals surface area contributed by atoms with E-state index in [-0.39, 0.29) is 1.43 Å². The summed E-state index contributed by atoms with van der Waals surface area (Å²) in [5, 5.41) is 3.44. The van der Waals surface area contributed by atoms with Crippen LogP contribution in [0, 0.1) is 0 Å². The summed E-state index contributed by atoms with van der Waals surface area (Å²) in [5.41, 5.74) is 0. The Balaban J connectivity index is 0. The molecule has 0 fully saturated rings. The summed E-state index contributed by atoms with van der Waals surface area (Å²) in [4.78, 5) is 0. The van der Waals surface area contributed by atoms with Crippen LogP contribution in [-0.2, 0) is 0 Å². The van der Waals surface area contributed by atoms with Gasteiger partial charge < -0.3 is 5.32 Å². The zero-order valence-electron chi connectivity index (χ0n) is 9.03. The molecule has 0 bridgehead atoms. The van der Waals surface area contributed by atoms with E-state index < -0.39 is 0 Å². The third kappa shape index (κ3) is 9.96. The second-order valence-corrected chi connectivity index (χ2v) is 3.88. The maximum atomic E-state index is 3.44. The normalized spacial score (nSPS) is 11.0. The Kier molecular flexibility index (Phi) is 9.02. The Morgan fingerprint density at radius 1 is 1.00 bits per heavy atom. The highest BCUT2D eigenvalue weighted by Gasteiger charge is 1.92. The van der Waals surface area contributed by atoms with Gasteiger partial charge in [0.2, 0.25) is 0 Å². The number of hydrogen-bond donors (Lipinski definition) is 1. The van der Waals surface area contributed by atoms with Crippen molar-refractivity contribution in [3.05, 3.63) is 0 Å². The molecule has 0 rings (SSSR count). The molecule has 0 radical (unpaired) electrons. The molecule has 0 saturated heterocycles. The van der Waals surface area contributed by atoms with Crippen LogP contribution in [0.5, 0.6) is 0 Å². The molecule has 0 saturated carbocycles. The molecule has 0 atom stereocenters. The van der Waals surface area contributed by atoms with Crippen molar-refractivity contribution in [1.82, 2.24) is 5.32 Å². The third-order valence-corrected chi connectivity index (χ3v) is 2.08. The van der Waals surface area contributed by atoms with Crippen LogP contribution in [-0.4, -0.2) is 12.6 Å². The first-order valence-corrected chi connectivity index (χ1v) is 5.50. The summed E-state index contributed by atoms with van der Waals surface area (Å²) in [5.74, 6) is 0. The van der Waals surface area contributed by atoms with E-state index in [0.717, 1.165) is 0 Å². The van der Waals surface area contributed by atoms with Crippen LogP contribution >= 0.6 is 0 Å². The molecule has 0 heterocycles. The van der Waals surface area contributed by atoms with Gasteiger partial charge in [-0.15, -0.1) is 0 Å². The highest BCUT2D eigenvalue weighted by molar-refractivity contribution is 4.52. The Morgan fingerprint density at radius 2 is 1.58 bits per heavy atom. The van der Waals surface area contributed by atoms with Crippen LogP contribution in [0.1, 0.15) is 60.7 Å². The van der Waals surface area contributed by atoms with Crippen molar-refractivity contribution in [2.24, 2.45) is 0 Å². The van der Waals surface area contributed by atoms with Crippen molar-refractivity contribution >= 4 is 0 Å². The maximum Gasteiger partial charge on any atom is 0.00103 e. The monoisotopic (exact) mass is 173 g/mol. The second kappa shape index (κ2) is 9.05. The van der Waals surface area contributed by atoms with Gasteiger partial charge in [0.1, 0.15) is 0 Å². The van der Waals surface area contributed by atoms with Crippen molar-refractivity contribution < 1.29 is 1.43 Å². The van der Waals surface area contributed by atoms with Crippen LogP contribution in [0.25, 0.3) is 0 Å². The van der Waals surface area contributed by atoms with Gasteiger partial charge in [-0.1, -0.05) is 52.9 Å². The minimum atomic E-state index is 0. The molecule has 0 aromatic carbocycles. The lowest BCUT2D eigenvalue weighted by atomic mass is 10.1. The largest absolute Gasteiger partial charge is 0.315 e. The van der Waals surface area contributed by atoms with E-state index in [1.165, 1.54) is 45.1 Å². The number of unbranched alkanes of at least 4 members (excludes halogenated alkanes) is 5. The van der Waals surface area contributed by atoms with Crippen LogP contribution in [0.3, 0.4) is 0 Å². The molecular weight excluding hydrogens is 146 g/mol. The minimum Gasteiger partial charge on any atom is -0.315 e. The van der Waals surface area contributed by atoms with Gasteiger partial charge in [0.25, 0.3) is 0 Å². The smallest absolute Gasteiger partial charge is 0.00103 e. The molecule has 0 spiro atoms. The lowest BCUT2D eigenvalue weighted by Crippen LogP contribution is -2.23. The van der Waals surface area contributed by atoms with E-state index in [2.05, 4.69) is 26.1 Å². The Bertz CT molecular complexity index is 84.2. The minimum absolute atomic E-state index is 0. The average molecular weight is 173 g/mol. The summed E-state index contributed by atoms with van der Waals surface area (Å²) >= 11 is 0. The fourth-order valence-corrected chi connectivity index (χ4v) is 1.30. The van der Waals surface area contributed by atoms with Crippen LogP contribution in [0.2, 0.25) is 0 Å². The van der Waals surface area contributed by atoms with Crippen molar-refractivity contribution in [3.8, 4) is 0 Å². The van der Waals surface area contributed by atoms with Gasteiger partial charge in [0, 0.05) is 7.47 Å². The second-order valence-electron chi connectivity index (χ2n) is 3.88. The molecule has 0 aromatic heterocycles. The highest BCUT2D eigenvalue weighted by atomic mass is 14.9. The number of hydrogen-bond acceptors (Lipinski definition) is 1. The third-order valence-electron chi connectivity index (χ3n) is 2.08. The van der Waals surface area contributed by atoms with Gasteiger partial charge in [-0.25, -0.2) is 0 Å². The molecule has 0 aliphatic rings. The molecule has 0 aliphatic heterocycles. The van der Waals surface area contributed by atoms with Crippen molar-refractivity contribution in [1.29, 1.82) is 0 Å². The maximum absolute atomic E-state index is 3.44. The summed E-state index contributed by atoms with van der Waals surface area (Å²) < 4.78 is 0. The zero-order chi connectivity index (χ0) is 9.23. The molecule has 1 nitrogen and oxygen atoms in total. The molecule has 76 valence electrons. The molecule has 0 aliphatic carbocycles. The first-order valence-electron chi connectivity index (χ1n) is 5.50. The Morgan fingerprint density at radius 3 is 2.17 bits per heavy atom. The van der Waals surface area contributed by atoms with E-state index in [1.807, 2.05) is 0 Å². The number of nitrogens with one attached hydrogen (secondary N) is 1. The fraction of sp³-hybridized carbons (Fsp3) is 1.00. The van der Waals surface area contributed by atoms with Crippen molar-refractivity contribution in [3.63, 3.8) is 0 Å². The standard InChI is InChI=1S/C11H25N.H2/c1-4-5-6-7-8-9-10-12-11(2)3;/h11-12H,4-10H2,1-3H3;1H. The van der Waals surface area contributed by atoms with Crippen LogP contribution in [0.15, 0.2) is 0 Å². The molecule has 0 aromatic rings. The molecular formula is C11H27N. The van der Waals surface area contributed by atoms with E-state index in [9.17, 15) is 0 Å². The quantitative estimate of drug-likeness (QED) is 0.553. The van der Waals surface area contributed by atoms with Gasteiger partial charge in [0.15, 0.2) is 0 Å². The van der Waals surface area contributed by atoms with Gasteiger partial charge in [-0.3, -0.25) is 0 Å². The van der Waals surface area contributed by atoms with E-state index in [4.69, 9.17) is 0 Å². The zero-order valence-corrected chi connectivity index (χ0v) is 9.03. The predicted octanol–water partition coefficient (Wildman–Crippen LogP) is 3.59. The summed E-state index contributed by atoms with van der Waals surface area (Å²) in [6.07, 6.45) is 8.37. The summed E-state index contributed by atoms with van der Waals surface area (Å²) in [6, 6.07) is 0.653. The lowest BCUT2D eigenvalue weighted by molar-refractivity contribution is 0.535.